The summed E-state index contributed by atoms with van der Waals surface area (Å²) in [7, 11) is 0. The molecule has 3 rings (SSSR count). The largest absolute Gasteiger partial charge is 0.397 e. The quantitative estimate of drug-likeness (QED) is 0.499. The van der Waals surface area contributed by atoms with Gasteiger partial charge >= 0.3 is 0 Å². The lowest BCUT2D eigenvalue weighted by Crippen LogP contribution is -2.43. The van der Waals surface area contributed by atoms with Crippen LogP contribution in [0.4, 0.5) is 16.5 Å². The normalized spacial score (nSPS) is 15.0. The molecule has 29 heavy (non-hydrogen) atoms. The van der Waals surface area contributed by atoms with Crippen LogP contribution in [0.15, 0.2) is 47.7 Å². The van der Waals surface area contributed by atoms with Crippen molar-refractivity contribution < 1.29 is 0 Å². The number of anilines is 3. The number of hydrogen-bond donors (Lipinski definition) is 4. The van der Waals surface area contributed by atoms with Gasteiger partial charge in [-0.1, -0.05) is 17.9 Å². The Labute approximate surface area is 176 Å². The number of hydrogen-bond acceptors (Lipinski definition) is 8. The maximum atomic E-state index is 6.18. The van der Waals surface area contributed by atoms with Gasteiger partial charge in [0.1, 0.15) is 5.82 Å². The van der Waals surface area contributed by atoms with E-state index in [1.165, 1.54) is 5.69 Å². The first-order chi connectivity index (χ1) is 14.1. The zero-order valence-corrected chi connectivity index (χ0v) is 17.9. The van der Waals surface area contributed by atoms with E-state index in [1.54, 1.807) is 23.6 Å². The minimum Gasteiger partial charge on any atom is -0.397 e. The van der Waals surface area contributed by atoms with Crippen molar-refractivity contribution >= 4 is 39.8 Å². The van der Waals surface area contributed by atoms with Crippen LogP contribution >= 0.6 is 11.3 Å². The van der Waals surface area contributed by atoms with Crippen molar-refractivity contribution in [1.82, 2.24) is 10.3 Å². The number of allylic oxidation sites excluding steroid dienone is 1. The fourth-order valence-corrected chi connectivity index (χ4v) is 4.02. The van der Waals surface area contributed by atoms with Crippen LogP contribution in [-0.2, 0) is 0 Å². The number of nitrogens with two attached hydrogens (primary N) is 1. The van der Waals surface area contributed by atoms with E-state index in [4.69, 9.17) is 5.73 Å². The predicted molar refractivity (Wildman–Crippen MR) is 126 cm³/mol. The molecule has 5 N–H and O–H groups in total. The van der Waals surface area contributed by atoms with Gasteiger partial charge in [0.2, 0.25) is 0 Å². The molecule has 0 amide bonds. The topological polar surface area (TPSA) is 90.6 Å². The average molecular weight is 412 g/mol. The number of benzene rings is 1. The summed E-state index contributed by atoms with van der Waals surface area (Å²) >= 11 is 1.54. The summed E-state index contributed by atoms with van der Waals surface area (Å²) in [6.07, 6.45) is 3.43. The van der Waals surface area contributed by atoms with E-state index in [0.29, 0.717) is 11.5 Å². The molecule has 0 bridgehead atoms. The van der Waals surface area contributed by atoms with Gasteiger partial charge < -0.3 is 26.6 Å². The van der Waals surface area contributed by atoms with E-state index in [1.807, 2.05) is 26.0 Å². The SMILES string of the molecule is C=C(/N=C\C=C(/N)c1sc(NCC)nc1C)Nc1ccc(N2CCNCC2)cc1. The third-order valence-corrected chi connectivity index (χ3v) is 5.67. The molecule has 0 unspecified atom stereocenters. The second-order valence-electron chi connectivity index (χ2n) is 6.72. The Bertz CT molecular complexity index is 877. The highest BCUT2D eigenvalue weighted by molar-refractivity contribution is 7.16. The molecule has 1 aliphatic heterocycles. The van der Waals surface area contributed by atoms with Crippen LogP contribution in [-0.4, -0.2) is 43.9 Å². The summed E-state index contributed by atoms with van der Waals surface area (Å²) in [6, 6.07) is 8.34. The van der Waals surface area contributed by atoms with Crippen molar-refractivity contribution in [2.24, 2.45) is 10.7 Å². The number of piperazine rings is 1. The molecule has 1 fully saturated rings. The molecular formula is C21H29N7S. The highest BCUT2D eigenvalue weighted by Gasteiger charge is 2.10. The van der Waals surface area contributed by atoms with Gasteiger partial charge in [-0.05, 0) is 44.2 Å². The lowest BCUT2D eigenvalue weighted by atomic mass is 10.2. The zero-order valence-electron chi connectivity index (χ0n) is 17.0. The third kappa shape index (κ3) is 5.82. The highest BCUT2D eigenvalue weighted by Crippen LogP contribution is 2.26. The number of nitrogens with one attached hydrogen (secondary N) is 3. The van der Waals surface area contributed by atoms with Gasteiger partial charge in [0.25, 0.3) is 0 Å². The number of thiazole rings is 1. The molecule has 1 saturated heterocycles. The van der Waals surface area contributed by atoms with Gasteiger partial charge in [0.05, 0.1) is 16.3 Å². The molecule has 0 atom stereocenters. The minimum absolute atomic E-state index is 0.554. The summed E-state index contributed by atoms with van der Waals surface area (Å²) in [5.74, 6) is 0.554. The lowest BCUT2D eigenvalue weighted by molar-refractivity contribution is 0.589. The fraction of sp³-hybridized carbons (Fsp3) is 0.333. The van der Waals surface area contributed by atoms with Gasteiger partial charge in [-0.15, -0.1) is 0 Å². The van der Waals surface area contributed by atoms with E-state index in [9.17, 15) is 0 Å². The van der Waals surface area contributed by atoms with Crippen molar-refractivity contribution in [3.05, 3.63) is 53.3 Å². The molecule has 0 spiro atoms. The Kier molecular flexibility index (Phi) is 7.26. The number of aromatic nitrogens is 1. The molecule has 0 radical (unpaired) electrons. The molecule has 0 saturated carbocycles. The number of aliphatic imine (C=N–C) groups is 1. The first-order valence-corrected chi connectivity index (χ1v) is 10.6. The zero-order chi connectivity index (χ0) is 20.6. The molecule has 7 nitrogen and oxygen atoms in total. The Morgan fingerprint density at radius 3 is 2.76 bits per heavy atom. The predicted octanol–water partition coefficient (Wildman–Crippen LogP) is 3.25. The van der Waals surface area contributed by atoms with Crippen LogP contribution in [0, 0.1) is 6.92 Å². The van der Waals surface area contributed by atoms with Crippen molar-refractivity contribution in [2.75, 3.05) is 48.3 Å². The van der Waals surface area contributed by atoms with E-state index >= 15 is 0 Å². The van der Waals surface area contributed by atoms with Crippen molar-refractivity contribution in [3.8, 4) is 0 Å². The molecule has 2 heterocycles. The molecule has 2 aromatic rings. The molecule has 1 aliphatic rings. The van der Waals surface area contributed by atoms with Crippen LogP contribution in [0.25, 0.3) is 5.70 Å². The second kappa shape index (κ2) is 10.1. The maximum absolute atomic E-state index is 6.18. The molecule has 0 aliphatic carbocycles. The first-order valence-electron chi connectivity index (χ1n) is 9.80. The fourth-order valence-electron chi connectivity index (χ4n) is 3.05. The van der Waals surface area contributed by atoms with Crippen molar-refractivity contribution in [3.63, 3.8) is 0 Å². The number of nitrogens with zero attached hydrogens (tertiary/aromatic N) is 3. The number of aryl methyl sites for hydroxylation is 1. The third-order valence-electron chi connectivity index (χ3n) is 4.51. The van der Waals surface area contributed by atoms with Gasteiger partial charge in [-0.3, -0.25) is 0 Å². The van der Waals surface area contributed by atoms with E-state index in [2.05, 4.69) is 49.5 Å². The molecule has 1 aromatic carbocycles. The maximum Gasteiger partial charge on any atom is 0.183 e. The van der Waals surface area contributed by atoms with E-state index < -0.39 is 0 Å². The van der Waals surface area contributed by atoms with Crippen LogP contribution < -0.4 is 26.6 Å². The standard InChI is InChI=1S/C21H29N7S/c1-4-24-21-26-15(2)20(29-21)19(22)9-10-25-16(3)27-17-5-7-18(8-6-17)28-13-11-23-12-14-28/h5-10,23,27H,3-4,11-14,22H2,1-2H3,(H,24,26)/b19-9-,25-10-. The molecular weight excluding hydrogens is 382 g/mol. The molecule has 154 valence electrons. The Balaban J connectivity index is 1.55. The van der Waals surface area contributed by atoms with E-state index in [0.717, 1.165) is 54.1 Å². The van der Waals surface area contributed by atoms with Crippen LogP contribution in [0.2, 0.25) is 0 Å². The van der Waals surface area contributed by atoms with Crippen molar-refractivity contribution in [2.45, 2.75) is 13.8 Å². The average Bonchev–Trinajstić information content (AvgIpc) is 3.10. The highest BCUT2D eigenvalue weighted by atomic mass is 32.1. The Morgan fingerprint density at radius 1 is 1.34 bits per heavy atom. The van der Waals surface area contributed by atoms with Gasteiger partial charge in [-0.25, -0.2) is 9.98 Å². The summed E-state index contributed by atoms with van der Waals surface area (Å²) < 4.78 is 0. The summed E-state index contributed by atoms with van der Waals surface area (Å²) in [4.78, 5) is 12.1. The summed E-state index contributed by atoms with van der Waals surface area (Å²) in [5.41, 5.74) is 9.93. The molecule has 1 aromatic heterocycles. The van der Waals surface area contributed by atoms with Gasteiger partial charge in [-0.2, -0.15) is 0 Å². The Hall–Kier alpha value is -2.84. The minimum atomic E-state index is 0.554. The van der Waals surface area contributed by atoms with Gasteiger partial charge in [0, 0.05) is 50.3 Å². The van der Waals surface area contributed by atoms with Crippen LogP contribution in [0.1, 0.15) is 17.5 Å². The second-order valence-corrected chi connectivity index (χ2v) is 7.72. The van der Waals surface area contributed by atoms with Crippen LogP contribution in [0.5, 0.6) is 0 Å². The van der Waals surface area contributed by atoms with E-state index in [-0.39, 0.29) is 0 Å². The number of rotatable bonds is 8. The monoisotopic (exact) mass is 411 g/mol. The lowest BCUT2D eigenvalue weighted by Gasteiger charge is -2.29. The van der Waals surface area contributed by atoms with Gasteiger partial charge in [0.15, 0.2) is 5.13 Å². The van der Waals surface area contributed by atoms with Crippen molar-refractivity contribution in [1.29, 1.82) is 0 Å². The summed E-state index contributed by atoms with van der Waals surface area (Å²) in [6.45, 7) is 12.9. The first kappa shape index (κ1) is 20.9. The smallest absolute Gasteiger partial charge is 0.183 e. The van der Waals surface area contributed by atoms with Crippen LogP contribution in [0.3, 0.4) is 0 Å². The molecule has 8 heteroatoms. The Morgan fingerprint density at radius 2 is 2.07 bits per heavy atom. The summed E-state index contributed by atoms with van der Waals surface area (Å²) in [5, 5.41) is 10.7.